The summed E-state index contributed by atoms with van der Waals surface area (Å²) in [6, 6.07) is 11.4. The fraction of sp³-hybridized carbons (Fsp3) is 0.188. The zero-order valence-electron chi connectivity index (χ0n) is 12.9. The second-order valence-electron chi connectivity index (χ2n) is 5.12. The number of nitrogens with one attached hydrogen (secondary N) is 1. The molecule has 128 valence electrons. The Balaban J connectivity index is 1.95. The first-order valence-corrected chi connectivity index (χ1v) is 8.84. The second kappa shape index (κ2) is 7.74. The Bertz CT molecular complexity index is 808. The van der Waals surface area contributed by atoms with E-state index in [-0.39, 0.29) is 23.8 Å². The van der Waals surface area contributed by atoms with Gasteiger partial charge >= 0.3 is 0 Å². The summed E-state index contributed by atoms with van der Waals surface area (Å²) >= 11 is 5.74. The van der Waals surface area contributed by atoms with E-state index < -0.39 is 15.9 Å². The molecule has 0 aromatic heterocycles. The van der Waals surface area contributed by atoms with Crippen molar-refractivity contribution >= 4 is 27.5 Å². The molecule has 2 aromatic rings. The lowest BCUT2D eigenvalue weighted by atomic mass is 10.2. The van der Waals surface area contributed by atoms with Gasteiger partial charge in [-0.15, -0.1) is 0 Å². The van der Waals surface area contributed by atoms with Gasteiger partial charge in [0.25, 0.3) is 0 Å². The van der Waals surface area contributed by atoms with Gasteiger partial charge in [-0.1, -0.05) is 23.7 Å². The van der Waals surface area contributed by atoms with Crippen LogP contribution in [0.3, 0.4) is 0 Å². The van der Waals surface area contributed by atoms with Gasteiger partial charge in [-0.05, 0) is 42.0 Å². The fourth-order valence-corrected chi connectivity index (χ4v) is 3.19. The number of halogens is 2. The molecule has 5 nitrogen and oxygen atoms in total. The molecule has 0 aliphatic carbocycles. The van der Waals surface area contributed by atoms with E-state index >= 15 is 0 Å². The summed E-state index contributed by atoms with van der Waals surface area (Å²) in [5.41, 5.74) is 0.716. The summed E-state index contributed by atoms with van der Waals surface area (Å²) in [4.78, 5) is 12.0. The predicted octanol–water partition coefficient (Wildman–Crippen LogP) is 2.42. The lowest BCUT2D eigenvalue weighted by molar-refractivity contribution is -0.121. The van der Waals surface area contributed by atoms with Crippen molar-refractivity contribution < 1.29 is 17.6 Å². The number of carbonyl (C=O) groups excluding carboxylic acids is 1. The Kier molecular flexibility index (Phi) is 5.93. The van der Waals surface area contributed by atoms with Gasteiger partial charge in [0, 0.05) is 18.6 Å². The Labute approximate surface area is 145 Å². The highest BCUT2D eigenvalue weighted by Crippen LogP contribution is 2.17. The van der Waals surface area contributed by atoms with Gasteiger partial charge in [-0.3, -0.25) is 4.79 Å². The van der Waals surface area contributed by atoms with Crippen LogP contribution in [0.4, 0.5) is 4.39 Å². The van der Waals surface area contributed by atoms with Crippen molar-refractivity contribution in [1.29, 1.82) is 0 Å². The van der Waals surface area contributed by atoms with Crippen molar-refractivity contribution in [3.05, 3.63) is 64.9 Å². The fourth-order valence-electron chi connectivity index (χ4n) is 1.93. The molecule has 24 heavy (non-hydrogen) atoms. The number of likely N-dealkylation sites (N-methyl/N-ethyl adjacent to an activating group) is 1. The molecule has 8 heteroatoms. The third-order valence-electron chi connectivity index (χ3n) is 3.29. The molecule has 0 aliphatic rings. The van der Waals surface area contributed by atoms with Crippen LogP contribution in [0.1, 0.15) is 5.56 Å². The minimum Gasteiger partial charge on any atom is -0.351 e. The van der Waals surface area contributed by atoms with Crippen molar-refractivity contribution in [2.45, 2.75) is 11.4 Å². The van der Waals surface area contributed by atoms with Crippen LogP contribution in [-0.2, 0) is 21.4 Å². The van der Waals surface area contributed by atoms with E-state index in [1.165, 1.54) is 43.4 Å². The number of hydrogen-bond donors (Lipinski definition) is 1. The molecular weight excluding hydrogens is 355 g/mol. The lowest BCUT2D eigenvalue weighted by Crippen LogP contribution is -2.38. The minimum absolute atomic E-state index is 0.0562. The number of nitrogens with zero attached hydrogens (tertiary/aromatic N) is 1. The Morgan fingerprint density at radius 1 is 1.12 bits per heavy atom. The van der Waals surface area contributed by atoms with E-state index in [9.17, 15) is 17.6 Å². The molecule has 0 spiro atoms. The summed E-state index contributed by atoms with van der Waals surface area (Å²) in [7, 11) is -2.45. The smallest absolute Gasteiger partial charge is 0.243 e. The summed E-state index contributed by atoms with van der Waals surface area (Å²) < 4.78 is 38.5. The SMILES string of the molecule is CN(CC(=O)NCc1ccc(F)cc1)S(=O)(=O)c1ccc(Cl)cc1. The number of sulfonamides is 1. The molecule has 1 N–H and O–H groups in total. The van der Waals surface area contributed by atoms with Crippen LogP contribution in [0.5, 0.6) is 0 Å². The highest BCUT2D eigenvalue weighted by Gasteiger charge is 2.22. The van der Waals surface area contributed by atoms with Gasteiger partial charge in [0.2, 0.25) is 15.9 Å². The molecule has 2 rings (SSSR count). The molecule has 0 bridgehead atoms. The van der Waals surface area contributed by atoms with E-state index in [0.717, 1.165) is 4.31 Å². The summed E-state index contributed by atoms with van der Waals surface area (Å²) in [6.45, 7) is -0.139. The maximum atomic E-state index is 12.8. The molecule has 1 amide bonds. The molecule has 0 fully saturated rings. The van der Waals surface area contributed by atoms with E-state index in [1.807, 2.05) is 0 Å². The topological polar surface area (TPSA) is 66.5 Å². The van der Waals surface area contributed by atoms with Crippen LogP contribution >= 0.6 is 11.6 Å². The van der Waals surface area contributed by atoms with Gasteiger partial charge in [-0.2, -0.15) is 4.31 Å². The van der Waals surface area contributed by atoms with E-state index in [4.69, 9.17) is 11.6 Å². The first kappa shape index (κ1) is 18.4. The van der Waals surface area contributed by atoms with Crippen LogP contribution in [0.25, 0.3) is 0 Å². The largest absolute Gasteiger partial charge is 0.351 e. The molecule has 0 radical (unpaired) electrons. The van der Waals surface area contributed by atoms with Crippen molar-refractivity contribution in [3.8, 4) is 0 Å². The average molecular weight is 371 g/mol. The summed E-state index contributed by atoms with van der Waals surface area (Å²) in [5, 5.41) is 3.02. The normalized spacial score (nSPS) is 11.5. The first-order valence-electron chi connectivity index (χ1n) is 7.02. The average Bonchev–Trinajstić information content (AvgIpc) is 2.54. The Hall–Kier alpha value is -1.96. The van der Waals surface area contributed by atoms with Gasteiger partial charge in [0.05, 0.1) is 11.4 Å². The highest BCUT2D eigenvalue weighted by atomic mass is 35.5. The van der Waals surface area contributed by atoms with Gasteiger partial charge in [-0.25, -0.2) is 12.8 Å². The highest BCUT2D eigenvalue weighted by molar-refractivity contribution is 7.89. The molecular formula is C16H16ClFN2O3S. The predicted molar refractivity (Wildman–Crippen MR) is 89.5 cm³/mol. The third kappa shape index (κ3) is 4.77. The molecule has 0 heterocycles. The molecule has 0 saturated heterocycles. The van der Waals surface area contributed by atoms with Crippen LogP contribution in [-0.4, -0.2) is 32.2 Å². The summed E-state index contributed by atoms with van der Waals surface area (Å²) in [5.74, 6) is -0.821. The summed E-state index contributed by atoms with van der Waals surface area (Å²) in [6.07, 6.45) is 0. The van der Waals surface area contributed by atoms with E-state index in [1.54, 1.807) is 12.1 Å². The van der Waals surface area contributed by atoms with Crippen LogP contribution in [0, 0.1) is 5.82 Å². The monoisotopic (exact) mass is 370 g/mol. The number of amides is 1. The van der Waals surface area contributed by atoms with Gasteiger partial charge in [0.1, 0.15) is 5.82 Å². The molecule has 0 unspecified atom stereocenters. The maximum Gasteiger partial charge on any atom is 0.243 e. The number of carbonyl (C=O) groups is 1. The Morgan fingerprint density at radius 2 is 1.71 bits per heavy atom. The van der Waals surface area contributed by atoms with Crippen LogP contribution in [0.2, 0.25) is 5.02 Å². The second-order valence-corrected chi connectivity index (χ2v) is 7.60. The quantitative estimate of drug-likeness (QED) is 0.849. The third-order valence-corrected chi connectivity index (χ3v) is 5.36. The van der Waals surface area contributed by atoms with Gasteiger partial charge in [0.15, 0.2) is 0 Å². The number of benzene rings is 2. The van der Waals surface area contributed by atoms with Crippen LogP contribution < -0.4 is 5.32 Å². The standard InChI is InChI=1S/C16H16ClFN2O3S/c1-20(24(22,23)15-8-4-13(17)5-9-15)11-16(21)19-10-12-2-6-14(18)7-3-12/h2-9H,10-11H2,1H3,(H,19,21). The first-order chi connectivity index (χ1) is 11.3. The maximum absolute atomic E-state index is 12.8. The van der Waals surface area contributed by atoms with Crippen molar-refractivity contribution in [2.75, 3.05) is 13.6 Å². The van der Waals surface area contributed by atoms with Crippen molar-refractivity contribution in [1.82, 2.24) is 9.62 Å². The molecule has 2 aromatic carbocycles. The molecule has 0 saturated carbocycles. The van der Waals surface area contributed by atoms with Crippen LogP contribution in [0.15, 0.2) is 53.4 Å². The van der Waals surface area contributed by atoms with E-state index in [0.29, 0.717) is 10.6 Å². The molecule has 0 aliphatic heterocycles. The molecule has 0 atom stereocenters. The number of hydrogen-bond acceptors (Lipinski definition) is 3. The van der Waals surface area contributed by atoms with Crippen molar-refractivity contribution in [3.63, 3.8) is 0 Å². The zero-order chi connectivity index (χ0) is 17.7. The minimum atomic E-state index is -3.78. The van der Waals surface area contributed by atoms with Gasteiger partial charge < -0.3 is 5.32 Å². The number of rotatable bonds is 6. The van der Waals surface area contributed by atoms with E-state index in [2.05, 4.69) is 5.32 Å². The lowest BCUT2D eigenvalue weighted by Gasteiger charge is -2.17. The Morgan fingerprint density at radius 3 is 2.29 bits per heavy atom. The zero-order valence-corrected chi connectivity index (χ0v) is 14.4. The van der Waals surface area contributed by atoms with Crippen molar-refractivity contribution in [2.24, 2.45) is 0 Å².